The Labute approximate surface area is 333 Å². The summed E-state index contributed by atoms with van der Waals surface area (Å²) >= 11 is 6.43. The normalized spacial score (nSPS) is 31.4. The number of halogens is 1. The molecule has 2 aromatic carbocycles. The number of benzene rings is 2. The first kappa shape index (κ1) is 40.5. The number of aryl methyl sites for hydroxylation is 1. The molecule has 0 unspecified atom stereocenters. The van der Waals surface area contributed by atoms with Gasteiger partial charge in [0.25, 0.3) is 5.91 Å². The van der Waals surface area contributed by atoms with E-state index >= 15 is 0 Å². The highest BCUT2D eigenvalue weighted by Crippen LogP contribution is 2.47. The van der Waals surface area contributed by atoms with Gasteiger partial charge in [-0.3, -0.25) is 14.6 Å². The maximum Gasteiger partial charge on any atom is 0.264 e. The van der Waals surface area contributed by atoms with Crippen LogP contribution in [0.4, 0.5) is 5.69 Å². The molecule has 0 aromatic heterocycles. The molecule has 7 rings (SSSR count). The predicted octanol–water partition coefficient (Wildman–Crippen LogP) is 6.56. The minimum absolute atomic E-state index is 0.230. The average Bonchev–Trinajstić information content (AvgIpc) is 3.17. The van der Waals surface area contributed by atoms with Gasteiger partial charge in [0.05, 0.1) is 30.8 Å². The van der Waals surface area contributed by atoms with E-state index in [-0.39, 0.29) is 11.8 Å². The molecule has 2 aromatic rings. The van der Waals surface area contributed by atoms with Crippen LogP contribution in [-0.2, 0) is 32.5 Å². The van der Waals surface area contributed by atoms with Crippen molar-refractivity contribution in [3.05, 3.63) is 70.3 Å². The van der Waals surface area contributed by atoms with Crippen LogP contribution < -0.4 is 14.4 Å². The number of hydrogen-bond donors (Lipinski definition) is 1. The zero-order chi connectivity index (χ0) is 38.7. The van der Waals surface area contributed by atoms with Crippen LogP contribution in [0, 0.1) is 23.7 Å². The lowest BCUT2D eigenvalue weighted by Crippen LogP contribution is -2.62. The third-order valence-corrected chi connectivity index (χ3v) is 15.0. The molecule has 1 aliphatic carbocycles. The molecule has 3 fully saturated rings. The number of sulfonamides is 1. The Balaban J connectivity index is 1.28. The number of anilines is 1. The molecule has 5 aliphatic rings. The topological polar surface area (TPSA) is 101 Å². The Bertz CT molecular complexity index is 1810. The van der Waals surface area contributed by atoms with Crippen LogP contribution in [0.2, 0.25) is 5.02 Å². The van der Waals surface area contributed by atoms with E-state index < -0.39 is 26.8 Å². The Morgan fingerprint density at radius 3 is 2.67 bits per heavy atom. The van der Waals surface area contributed by atoms with Gasteiger partial charge in [0.15, 0.2) is 0 Å². The number of amides is 1. The van der Waals surface area contributed by atoms with E-state index in [0.717, 1.165) is 107 Å². The Hall–Kier alpha value is -2.67. The first-order chi connectivity index (χ1) is 26.4. The fraction of sp³-hybridized carbons (Fsp3) is 0.651. The molecule has 4 aliphatic heterocycles. The van der Waals surface area contributed by atoms with Crippen LogP contribution >= 0.6 is 11.6 Å². The molecule has 2 bridgehead atoms. The fourth-order valence-corrected chi connectivity index (χ4v) is 10.7. The number of piperazine rings is 1. The maximum absolute atomic E-state index is 13.7. The quantitative estimate of drug-likeness (QED) is 0.338. The zero-order valence-electron chi connectivity index (χ0n) is 33.2. The van der Waals surface area contributed by atoms with Crippen molar-refractivity contribution in [3.63, 3.8) is 0 Å². The molecule has 6 atom stereocenters. The lowest BCUT2D eigenvalue weighted by Gasteiger charge is -2.53. The molecule has 1 amide bonds. The molecule has 12 heteroatoms. The lowest BCUT2D eigenvalue weighted by atomic mass is 9.63. The van der Waals surface area contributed by atoms with Crippen molar-refractivity contribution in [1.82, 2.24) is 14.5 Å². The van der Waals surface area contributed by atoms with Gasteiger partial charge in [-0.2, -0.15) is 0 Å². The van der Waals surface area contributed by atoms with Gasteiger partial charge >= 0.3 is 0 Å². The summed E-state index contributed by atoms with van der Waals surface area (Å²) in [6.45, 7) is 16.9. The SMILES string of the molecule is CC(C)CO[C@]1(CN2CCN3CCOC[C@@H]3C2)/C=C/C[C@H](C)[C@@H](C)S(=O)(=O)NC(=O)c2ccc3c(c2)N(CCCCc2cc(Cl)ccc2CO3)C[C@@H]2CC[C@H]21. The molecule has 2 saturated heterocycles. The number of nitrogens with one attached hydrogen (secondary N) is 1. The number of nitrogens with zero attached hydrogens (tertiary/aromatic N) is 3. The van der Waals surface area contributed by atoms with Crippen molar-refractivity contribution >= 4 is 33.2 Å². The molecule has 0 radical (unpaired) electrons. The lowest BCUT2D eigenvalue weighted by molar-refractivity contribution is -0.130. The second-order valence-electron chi connectivity index (χ2n) is 17.2. The van der Waals surface area contributed by atoms with E-state index in [1.807, 2.05) is 37.3 Å². The van der Waals surface area contributed by atoms with Crippen molar-refractivity contribution < 1.29 is 27.4 Å². The second kappa shape index (κ2) is 17.4. The smallest absolute Gasteiger partial charge is 0.264 e. The molecule has 0 spiro atoms. The molecule has 4 heterocycles. The van der Waals surface area contributed by atoms with Crippen molar-refractivity contribution in [3.8, 4) is 5.75 Å². The molecule has 55 heavy (non-hydrogen) atoms. The molecular weight excluding hydrogens is 736 g/mol. The number of carbonyl (C=O) groups is 1. The van der Waals surface area contributed by atoms with Gasteiger partial charge in [-0.05, 0) is 111 Å². The van der Waals surface area contributed by atoms with Crippen molar-refractivity contribution in [2.75, 3.05) is 70.5 Å². The van der Waals surface area contributed by atoms with E-state index in [4.69, 9.17) is 25.8 Å². The van der Waals surface area contributed by atoms with Crippen LogP contribution in [0.1, 0.15) is 81.3 Å². The van der Waals surface area contributed by atoms with Gasteiger partial charge < -0.3 is 19.1 Å². The van der Waals surface area contributed by atoms with Gasteiger partial charge in [-0.1, -0.05) is 50.6 Å². The summed E-state index contributed by atoms with van der Waals surface area (Å²) in [4.78, 5) is 21.3. The molecule has 302 valence electrons. The minimum atomic E-state index is -3.97. The number of rotatable bonds is 5. The largest absolute Gasteiger partial charge is 0.487 e. The van der Waals surface area contributed by atoms with Gasteiger partial charge in [-0.15, -0.1) is 0 Å². The Morgan fingerprint density at radius 2 is 1.87 bits per heavy atom. The summed E-state index contributed by atoms with van der Waals surface area (Å²) in [5.41, 5.74) is 2.85. The van der Waals surface area contributed by atoms with Crippen LogP contribution in [0.3, 0.4) is 0 Å². The van der Waals surface area contributed by atoms with Crippen molar-refractivity contribution in [1.29, 1.82) is 0 Å². The average molecular weight is 798 g/mol. The number of morpholine rings is 1. The summed E-state index contributed by atoms with van der Waals surface area (Å²) in [7, 11) is -3.97. The summed E-state index contributed by atoms with van der Waals surface area (Å²) in [5.74, 6) is 0.778. The molecular formula is C43H61ClN4O6S. The van der Waals surface area contributed by atoms with Crippen LogP contribution in [0.25, 0.3) is 0 Å². The summed E-state index contributed by atoms with van der Waals surface area (Å²) in [5, 5.41) is -0.0688. The second-order valence-corrected chi connectivity index (χ2v) is 19.7. The fourth-order valence-electron chi connectivity index (χ4n) is 9.17. The minimum Gasteiger partial charge on any atom is -0.487 e. The van der Waals surface area contributed by atoms with E-state index in [0.29, 0.717) is 48.8 Å². The van der Waals surface area contributed by atoms with Crippen LogP contribution in [-0.4, -0.2) is 107 Å². The van der Waals surface area contributed by atoms with Gasteiger partial charge in [0.2, 0.25) is 10.0 Å². The Kier molecular flexibility index (Phi) is 12.9. The highest BCUT2D eigenvalue weighted by molar-refractivity contribution is 7.90. The summed E-state index contributed by atoms with van der Waals surface area (Å²) < 4.78 is 49.6. The predicted molar refractivity (Wildman–Crippen MR) is 219 cm³/mol. The third-order valence-electron chi connectivity index (χ3n) is 12.8. The van der Waals surface area contributed by atoms with E-state index in [1.54, 1.807) is 13.0 Å². The summed E-state index contributed by atoms with van der Waals surface area (Å²) in [6, 6.07) is 11.7. The summed E-state index contributed by atoms with van der Waals surface area (Å²) in [6.07, 6.45) is 9.98. The first-order valence-electron chi connectivity index (χ1n) is 20.6. The third kappa shape index (κ3) is 9.39. The Morgan fingerprint density at radius 1 is 1.02 bits per heavy atom. The van der Waals surface area contributed by atoms with Crippen molar-refractivity contribution in [2.24, 2.45) is 23.7 Å². The molecule has 10 nitrogen and oxygen atoms in total. The standard InChI is InChI=1S/C43H61ClN4O6S/c1-30(2)26-54-43(29-46-18-19-47-20-21-52-28-38(47)25-46)16-7-8-31(3)32(4)55(50,51)45-42(49)34-12-15-41-40(23-34)48(24-35-11-14-39(35)43)17-6-5-9-33-22-37(44)13-10-36(33)27-53-41/h7,10,12-13,15-16,22-23,30-32,35,38-39H,5-6,8-9,11,14,17-21,24-29H2,1-4H3,(H,45,49)/b16-7+/t31-,32+,35-,38-,39+,43-/m0/s1. The maximum atomic E-state index is 13.7. The van der Waals surface area contributed by atoms with E-state index in [9.17, 15) is 13.2 Å². The van der Waals surface area contributed by atoms with E-state index in [2.05, 4.69) is 45.4 Å². The monoisotopic (exact) mass is 796 g/mol. The van der Waals surface area contributed by atoms with Gasteiger partial charge in [0.1, 0.15) is 18.0 Å². The van der Waals surface area contributed by atoms with Crippen molar-refractivity contribution in [2.45, 2.75) is 89.7 Å². The highest BCUT2D eigenvalue weighted by atomic mass is 35.5. The molecule has 1 saturated carbocycles. The number of hydrogen-bond acceptors (Lipinski definition) is 9. The number of allylic oxidation sites excluding steroid dienone is 1. The molecule has 1 N–H and O–H groups in total. The number of ether oxygens (including phenoxy) is 3. The number of carbonyl (C=O) groups excluding carboxylic acids is 1. The van der Waals surface area contributed by atoms with Crippen LogP contribution in [0.15, 0.2) is 48.6 Å². The first-order valence-corrected chi connectivity index (χ1v) is 22.5. The highest BCUT2D eigenvalue weighted by Gasteiger charge is 2.49. The zero-order valence-corrected chi connectivity index (χ0v) is 34.8. The van der Waals surface area contributed by atoms with Gasteiger partial charge in [0, 0.05) is 62.4 Å². The van der Waals surface area contributed by atoms with E-state index in [1.165, 1.54) is 5.56 Å². The van der Waals surface area contributed by atoms with Gasteiger partial charge in [-0.25, -0.2) is 13.1 Å². The van der Waals surface area contributed by atoms with Crippen LogP contribution in [0.5, 0.6) is 5.75 Å². The number of fused-ring (bicyclic) bond motifs is 4.